The summed E-state index contributed by atoms with van der Waals surface area (Å²) < 4.78 is 5.94. The fraction of sp³-hybridized carbons (Fsp3) is 0.0526. The van der Waals surface area contributed by atoms with E-state index < -0.39 is 0 Å². The molecule has 2 aromatic carbocycles. The quantitative estimate of drug-likeness (QED) is 0.722. The molecule has 0 saturated heterocycles. The first kappa shape index (κ1) is 13.8. The SMILES string of the molecule is N#Cc1ccc(OCc2ccccc2)c(-c2cccnc2)c1. The molecule has 0 N–H and O–H groups in total. The minimum atomic E-state index is 0.486. The van der Waals surface area contributed by atoms with Gasteiger partial charge in [0.1, 0.15) is 12.4 Å². The van der Waals surface area contributed by atoms with Crippen molar-refractivity contribution >= 4 is 0 Å². The van der Waals surface area contributed by atoms with Crippen LogP contribution in [0.15, 0.2) is 73.1 Å². The molecule has 0 saturated carbocycles. The summed E-state index contributed by atoms with van der Waals surface area (Å²) in [5.74, 6) is 0.746. The average molecular weight is 286 g/mol. The van der Waals surface area contributed by atoms with E-state index in [1.165, 1.54) is 0 Å². The van der Waals surface area contributed by atoms with Gasteiger partial charge in [0, 0.05) is 23.5 Å². The van der Waals surface area contributed by atoms with Crippen molar-refractivity contribution in [2.45, 2.75) is 6.61 Å². The smallest absolute Gasteiger partial charge is 0.127 e. The first-order valence-corrected chi connectivity index (χ1v) is 6.98. The summed E-state index contributed by atoms with van der Waals surface area (Å²) in [5, 5.41) is 9.10. The number of benzene rings is 2. The highest BCUT2D eigenvalue weighted by molar-refractivity contribution is 5.71. The van der Waals surface area contributed by atoms with Crippen molar-refractivity contribution in [1.29, 1.82) is 5.26 Å². The first-order valence-electron chi connectivity index (χ1n) is 6.98. The van der Waals surface area contributed by atoms with E-state index >= 15 is 0 Å². The van der Waals surface area contributed by atoms with Gasteiger partial charge in [-0.15, -0.1) is 0 Å². The van der Waals surface area contributed by atoms with Crippen molar-refractivity contribution in [2.24, 2.45) is 0 Å². The number of nitrogens with zero attached hydrogens (tertiary/aromatic N) is 2. The molecule has 3 heteroatoms. The van der Waals surface area contributed by atoms with E-state index in [-0.39, 0.29) is 0 Å². The second-order valence-corrected chi connectivity index (χ2v) is 4.84. The van der Waals surface area contributed by atoms with Crippen LogP contribution in [0.5, 0.6) is 5.75 Å². The second-order valence-electron chi connectivity index (χ2n) is 4.84. The zero-order valence-electron chi connectivity index (χ0n) is 11.9. The Kier molecular flexibility index (Phi) is 4.12. The fourth-order valence-corrected chi connectivity index (χ4v) is 2.21. The molecule has 0 aliphatic carbocycles. The Morgan fingerprint density at radius 1 is 1.00 bits per heavy atom. The molecular formula is C19H14N2O. The Morgan fingerprint density at radius 3 is 2.59 bits per heavy atom. The van der Waals surface area contributed by atoms with Crippen molar-refractivity contribution < 1.29 is 4.74 Å². The second kappa shape index (κ2) is 6.55. The number of rotatable bonds is 4. The molecule has 0 bridgehead atoms. The number of aromatic nitrogens is 1. The van der Waals surface area contributed by atoms with E-state index in [1.54, 1.807) is 18.5 Å². The van der Waals surface area contributed by atoms with Crippen LogP contribution in [0.3, 0.4) is 0 Å². The summed E-state index contributed by atoms with van der Waals surface area (Å²) in [6, 6.07) is 21.4. The van der Waals surface area contributed by atoms with Gasteiger partial charge in [-0.25, -0.2) is 0 Å². The number of hydrogen-bond donors (Lipinski definition) is 0. The van der Waals surface area contributed by atoms with Gasteiger partial charge in [-0.2, -0.15) is 5.26 Å². The highest BCUT2D eigenvalue weighted by Crippen LogP contribution is 2.31. The van der Waals surface area contributed by atoms with Crippen LogP contribution >= 0.6 is 0 Å². The van der Waals surface area contributed by atoms with E-state index in [2.05, 4.69) is 11.1 Å². The monoisotopic (exact) mass is 286 g/mol. The standard InChI is InChI=1S/C19H14N2O/c20-12-16-8-9-19(22-14-15-5-2-1-3-6-15)18(11-16)17-7-4-10-21-13-17/h1-11,13H,14H2. The van der Waals surface area contributed by atoms with Gasteiger partial charge in [0.2, 0.25) is 0 Å². The highest BCUT2D eigenvalue weighted by atomic mass is 16.5. The van der Waals surface area contributed by atoms with Gasteiger partial charge in [-0.05, 0) is 29.8 Å². The molecule has 3 aromatic rings. The molecule has 0 aliphatic heterocycles. The third-order valence-corrected chi connectivity index (χ3v) is 3.32. The lowest BCUT2D eigenvalue weighted by Gasteiger charge is -2.12. The third-order valence-electron chi connectivity index (χ3n) is 3.32. The number of nitriles is 1. The number of pyridine rings is 1. The van der Waals surface area contributed by atoms with E-state index in [1.807, 2.05) is 54.6 Å². The maximum atomic E-state index is 9.10. The van der Waals surface area contributed by atoms with Crippen LogP contribution in [0, 0.1) is 11.3 Å². The molecular weight excluding hydrogens is 272 g/mol. The maximum Gasteiger partial charge on any atom is 0.127 e. The van der Waals surface area contributed by atoms with E-state index in [4.69, 9.17) is 10.00 Å². The van der Waals surface area contributed by atoms with E-state index in [9.17, 15) is 0 Å². The van der Waals surface area contributed by atoms with Crippen LogP contribution in [0.4, 0.5) is 0 Å². The van der Waals surface area contributed by atoms with Crippen molar-refractivity contribution in [3.8, 4) is 22.9 Å². The molecule has 1 heterocycles. The predicted molar refractivity (Wildman–Crippen MR) is 85.2 cm³/mol. The normalized spacial score (nSPS) is 9.95. The van der Waals surface area contributed by atoms with Crippen LogP contribution < -0.4 is 4.74 Å². The first-order chi connectivity index (χ1) is 10.9. The van der Waals surface area contributed by atoms with E-state index in [0.717, 1.165) is 22.4 Å². The summed E-state index contributed by atoms with van der Waals surface area (Å²) in [6.45, 7) is 0.486. The van der Waals surface area contributed by atoms with Crippen molar-refractivity contribution in [3.05, 3.63) is 84.2 Å². The summed E-state index contributed by atoms with van der Waals surface area (Å²) in [5.41, 5.74) is 3.51. The Hall–Kier alpha value is -3.12. The maximum absolute atomic E-state index is 9.10. The van der Waals surface area contributed by atoms with Gasteiger partial charge in [-0.1, -0.05) is 36.4 Å². The van der Waals surface area contributed by atoms with E-state index in [0.29, 0.717) is 12.2 Å². The Labute approximate surface area is 129 Å². The summed E-state index contributed by atoms with van der Waals surface area (Å²) in [6.07, 6.45) is 3.49. The van der Waals surface area contributed by atoms with Crippen molar-refractivity contribution in [2.75, 3.05) is 0 Å². The van der Waals surface area contributed by atoms with Crippen LogP contribution in [-0.2, 0) is 6.61 Å². The largest absolute Gasteiger partial charge is 0.488 e. The van der Waals surface area contributed by atoms with Gasteiger partial charge in [0.05, 0.1) is 11.6 Å². The fourth-order valence-electron chi connectivity index (χ4n) is 2.21. The molecule has 0 amide bonds. The molecule has 106 valence electrons. The van der Waals surface area contributed by atoms with Crippen LogP contribution in [0.25, 0.3) is 11.1 Å². The molecule has 3 nitrogen and oxygen atoms in total. The van der Waals surface area contributed by atoms with Gasteiger partial charge < -0.3 is 4.74 Å². The Bertz CT molecular complexity index is 793. The zero-order chi connectivity index (χ0) is 15.2. The lowest BCUT2D eigenvalue weighted by Crippen LogP contribution is -1.97. The molecule has 0 radical (unpaired) electrons. The van der Waals surface area contributed by atoms with Gasteiger partial charge >= 0.3 is 0 Å². The summed E-state index contributed by atoms with van der Waals surface area (Å²) in [4.78, 5) is 4.14. The molecule has 0 spiro atoms. The Morgan fingerprint density at radius 2 is 1.86 bits per heavy atom. The molecule has 22 heavy (non-hydrogen) atoms. The van der Waals surface area contributed by atoms with Crippen molar-refractivity contribution in [1.82, 2.24) is 4.98 Å². The summed E-state index contributed by atoms with van der Waals surface area (Å²) >= 11 is 0. The number of ether oxygens (including phenoxy) is 1. The lowest BCUT2D eigenvalue weighted by atomic mass is 10.0. The van der Waals surface area contributed by atoms with Crippen LogP contribution in [0.1, 0.15) is 11.1 Å². The topological polar surface area (TPSA) is 45.9 Å². The minimum Gasteiger partial charge on any atom is -0.488 e. The Balaban J connectivity index is 1.92. The van der Waals surface area contributed by atoms with Gasteiger partial charge in [-0.3, -0.25) is 4.98 Å². The average Bonchev–Trinajstić information content (AvgIpc) is 2.61. The van der Waals surface area contributed by atoms with Gasteiger partial charge in [0.25, 0.3) is 0 Å². The van der Waals surface area contributed by atoms with Crippen LogP contribution in [-0.4, -0.2) is 4.98 Å². The van der Waals surface area contributed by atoms with Crippen LogP contribution in [0.2, 0.25) is 0 Å². The molecule has 0 aliphatic rings. The lowest BCUT2D eigenvalue weighted by molar-refractivity contribution is 0.307. The zero-order valence-corrected chi connectivity index (χ0v) is 11.9. The molecule has 3 rings (SSSR count). The molecule has 0 fully saturated rings. The predicted octanol–water partition coefficient (Wildman–Crippen LogP) is 4.20. The molecule has 0 unspecified atom stereocenters. The van der Waals surface area contributed by atoms with Gasteiger partial charge in [0.15, 0.2) is 0 Å². The third kappa shape index (κ3) is 3.13. The summed E-state index contributed by atoms with van der Waals surface area (Å²) in [7, 11) is 0. The molecule has 0 atom stereocenters. The molecule has 1 aromatic heterocycles. The van der Waals surface area contributed by atoms with Crippen molar-refractivity contribution in [3.63, 3.8) is 0 Å². The number of hydrogen-bond acceptors (Lipinski definition) is 3. The highest BCUT2D eigenvalue weighted by Gasteiger charge is 2.08. The minimum absolute atomic E-state index is 0.486.